The molecular weight excluding hydrogens is 314 g/mol. The highest BCUT2D eigenvalue weighted by Crippen LogP contribution is 2.37. The minimum atomic E-state index is -1.79. The van der Waals surface area contributed by atoms with Gasteiger partial charge < -0.3 is 15.2 Å². The molecule has 2 aromatic rings. The van der Waals surface area contributed by atoms with Gasteiger partial charge in [0, 0.05) is 18.5 Å². The van der Waals surface area contributed by atoms with Crippen molar-refractivity contribution >= 4 is 5.97 Å². The molecule has 4 nitrogen and oxygen atoms in total. The van der Waals surface area contributed by atoms with Gasteiger partial charge in [-0.3, -0.25) is 0 Å². The van der Waals surface area contributed by atoms with Gasteiger partial charge in [0.15, 0.2) is 0 Å². The summed E-state index contributed by atoms with van der Waals surface area (Å²) in [7, 11) is 0. The molecule has 0 aromatic heterocycles. The molecule has 0 spiro atoms. The van der Waals surface area contributed by atoms with Crippen molar-refractivity contribution in [2.75, 3.05) is 6.54 Å². The lowest BCUT2D eigenvalue weighted by molar-refractivity contribution is -0.169. The topological polar surface area (TPSA) is 58.6 Å². The molecule has 4 unspecified atom stereocenters. The molecule has 4 heteroatoms. The lowest BCUT2D eigenvalue weighted by Gasteiger charge is -2.29. The van der Waals surface area contributed by atoms with E-state index in [1.807, 2.05) is 37.3 Å². The quantitative estimate of drug-likeness (QED) is 0.842. The van der Waals surface area contributed by atoms with Crippen LogP contribution in [0.1, 0.15) is 29.5 Å². The van der Waals surface area contributed by atoms with Crippen LogP contribution in [0.15, 0.2) is 54.6 Å². The second-order valence-electron chi connectivity index (χ2n) is 7.16. The van der Waals surface area contributed by atoms with Crippen LogP contribution in [-0.2, 0) is 15.1 Å². The molecule has 2 N–H and O–H groups in total. The zero-order chi connectivity index (χ0) is 17.4. The number of hydrogen-bond acceptors (Lipinski definition) is 4. The normalized spacial score (nSPS) is 27.0. The van der Waals surface area contributed by atoms with E-state index in [0.717, 1.165) is 24.9 Å². The summed E-state index contributed by atoms with van der Waals surface area (Å²) in [6.07, 6.45) is 1.95. The molecule has 4 atom stereocenters. The highest BCUT2D eigenvalue weighted by molar-refractivity contribution is 5.85. The molecule has 2 aliphatic rings. The lowest BCUT2D eigenvalue weighted by Crippen LogP contribution is -2.42. The van der Waals surface area contributed by atoms with E-state index in [9.17, 15) is 9.90 Å². The summed E-state index contributed by atoms with van der Waals surface area (Å²) >= 11 is 0. The number of benzene rings is 2. The van der Waals surface area contributed by atoms with Crippen LogP contribution in [0.4, 0.5) is 0 Å². The van der Waals surface area contributed by atoms with Gasteiger partial charge in [-0.2, -0.15) is 0 Å². The zero-order valence-corrected chi connectivity index (χ0v) is 14.3. The van der Waals surface area contributed by atoms with Crippen molar-refractivity contribution in [1.82, 2.24) is 5.32 Å². The first-order valence-electron chi connectivity index (χ1n) is 8.88. The van der Waals surface area contributed by atoms with Crippen LogP contribution in [0.2, 0.25) is 0 Å². The first kappa shape index (κ1) is 16.3. The highest BCUT2D eigenvalue weighted by Gasteiger charge is 2.48. The maximum Gasteiger partial charge on any atom is 0.348 e. The molecule has 130 valence electrons. The van der Waals surface area contributed by atoms with Crippen molar-refractivity contribution in [3.63, 3.8) is 0 Å². The molecule has 1 saturated heterocycles. The second kappa shape index (κ2) is 6.28. The van der Waals surface area contributed by atoms with E-state index in [2.05, 4.69) is 5.32 Å². The van der Waals surface area contributed by atoms with E-state index in [1.54, 1.807) is 24.3 Å². The van der Waals surface area contributed by atoms with Gasteiger partial charge >= 0.3 is 5.97 Å². The molecule has 1 aliphatic carbocycles. The number of hydrogen-bond donors (Lipinski definition) is 2. The highest BCUT2D eigenvalue weighted by atomic mass is 16.6. The molecule has 1 saturated carbocycles. The Hall–Kier alpha value is -2.17. The van der Waals surface area contributed by atoms with Gasteiger partial charge in [0.1, 0.15) is 6.10 Å². The molecule has 1 heterocycles. The molecule has 25 heavy (non-hydrogen) atoms. The number of nitrogens with one attached hydrogen (secondary N) is 1. The van der Waals surface area contributed by atoms with Gasteiger partial charge in [0.05, 0.1) is 0 Å². The van der Waals surface area contributed by atoms with Gasteiger partial charge in [-0.05, 0) is 30.9 Å². The van der Waals surface area contributed by atoms with Crippen molar-refractivity contribution < 1.29 is 14.6 Å². The predicted octanol–water partition coefficient (Wildman–Crippen LogP) is 2.52. The Morgan fingerprint density at radius 3 is 2.32 bits per heavy atom. The molecule has 2 aromatic carbocycles. The SMILES string of the molecule is Cc1ccc(C(O)(C(=O)OC2C3CCC2NC3)c2ccccc2)cc1. The van der Waals surface area contributed by atoms with Crippen LogP contribution in [0.3, 0.4) is 0 Å². The smallest absolute Gasteiger partial charge is 0.348 e. The molecule has 0 radical (unpaired) electrons. The fraction of sp³-hybridized carbons (Fsp3) is 0.381. The van der Waals surface area contributed by atoms with Crippen LogP contribution >= 0.6 is 0 Å². The standard InChI is InChI=1S/C21H23NO3/c1-14-7-10-17(11-8-14)21(24,16-5-3-2-4-6-16)20(23)25-19-15-9-12-18(19)22-13-15/h2-8,10-11,15,18-19,22,24H,9,12-13H2,1H3. The van der Waals surface area contributed by atoms with Crippen molar-refractivity contribution in [1.29, 1.82) is 0 Å². The van der Waals surface area contributed by atoms with Crippen molar-refractivity contribution in [3.8, 4) is 0 Å². The molecular formula is C21H23NO3. The largest absolute Gasteiger partial charge is 0.458 e. The van der Waals surface area contributed by atoms with E-state index < -0.39 is 11.6 Å². The number of aryl methyl sites for hydroxylation is 1. The first-order chi connectivity index (χ1) is 12.1. The lowest BCUT2D eigenvalue weighted by atomic mass is 9.86. The summed E-state index contributed by atoms with van der Waals surface area (Å²) in [6.45, 7) is 2.86. The second-order valence-corrected chi connectivity index (χ2v) is 7.16. The Balaban J connectivity index is 1.70. The minimum absolute atomic E-state index is 0.145. The number of aliphatic hydroxyl groups is 1. The van der Waals surface area contributed by atoms with Gasteiger partial charge in [0.25, 0.3) is 0 Å². The summed E-state index contributed by atoms with van der Waals surface area (Å²) in [5.41, 5.74) is 0.345. The maximum atomic E-state index is 13.1. The third-order valence-corrected chi connectivity index (χ3v) is 5.55. The van der Waals surface area contributed by atoms with Gasteiger partial charge in [-0.25, -0.2) is 4.79 Å². The van der Waals surface area contributed by atoms with E-state index in [-0.39, 0.29) is 12.1 Å². The molecule has 0 amide bonds. The molecule has 1 aliphatic heterocycles. The third-order valence-electron chi connectivity index (χ3n) is 5.55. The summed E-state index contributed by atoms with van der Waals surface area (Å²) in [4.78, 5) is 13.1. The maximum absolute atomic E-state index is 13.1. The molecule has 2 bridgehead atoms. The average Bonchev–Trinajstić information content (AvgIpc) is 3.21. The Kier molecular flexibility index (Phi) is 4.10. The Morgan fingerprint density at radius 2 is 1.76 bits per heavy atom. The molecule has 2 fully saturated rings. The van der Waals surface area contributed by atoms with E-state index >= 15 is 0 Å². The van der Waals surface area contributed by atoms with Crippen molar-refractivity contribution in [2.24, 2.45) is 5.92 Å². The van der Waals surface area contributed by atoms with Crippen LogP contribution < -0.4 is 5.32 Å². The number of rotatable bonds is 4. The first-order valence-corrected chi connectivity index (χ1v) is 8.88. The van der Waals surface area contributed by atoms with Crippen molar-refractivity contribution in [2.45, 2.75) is 37.5 Å². The average molecular weight is 337 g/mol. The molecule has 4 rings (SSSR count). The number of ether oxygens (including phenoxy) is 1. The zero-order valence-electron chi connectivity index (χ0n) is 14.3. The number of piperidine rings is 1. The summed E-state index contributed by atoms with van der Waals surface area (Å²) in [6, 6.07) is 16.7. The number of fused-ring (bicyclic) bond motifs is 2. The van der Waals surface area contributed by atoms with Gasteiger partial charge in [-0.15, -0.1) is 0 Å². The van der Waals surface area contributed by atoms with E-state index in [0.29, 0.717) is 17.0 Å². The third kappa shape index (κ3) is 2.75. The number of carbonyl (C=O) groups excluding carboxylic acids is 1. The fourth-order valence-corrected chi connectivity index (χ4v) is 4.05. The van der Waals surface area contributed by atoms with Gasteiger partial charge in [0.2, 0.25) is 5.60 Å². The van der Waals surface area contributed by atoms with E-state index in [4.69, 9.17) is 4.74 Å². The fourth-order valence-electron chi connectivity index (χ4n) is 4.05. The number of esters is 1. The Bertz CT molecular complexity index is 738. The van der Waals surface area contributed by atoms with Crippen LogP contribution in [0.25, 0.3) is 0 Å². The predicted molar refractivity (Wildman–Crippen MR) is 95.0 cm³/mol. The monoisotopic (exact) mass is 337 g/mol. The number of carbonyl (C=O) groups is 1. The van der Waals surface area contributed by atoms with Crippen LogP contribution in [0, 0.1) is 12.8 Å². The van der Waals surface area contributed by atoms with Gasteiger partial charge in [-0.1, -0.05) is 60.2 Å². The minimum Gasteiger partial charge on any atom is -0.458 e. The van der Waals surface area contributed by atoms with Crippen molar-refractivity contribution in [3.05, 3.63) is 71.3 Å². The van der Waals surface area contributed by atoms with Crippen LogP contribution in [-0.4, -0.2) is 29.8 Å². The van der Waals surface area contributed by atoms with Crippen LogP contribution in [0.5, 0.6) is 0 Å². The summed E-state index contributed by atoms with van der Waals surface area (Å²) < 4.78 is 5.85. The summed E-state index contributed by atoms with van der Waals surface area (Å²) in [5, 5.41) is 14.9. The summed E-state index contributed by atoms with van der Waals surface area (Å²) in [5.74, 6) is -0.236. The Morgan fingerprint density at radius 1 is 1.08 bits per heavy atom. The van der Waals surface area contributed by atoms with E-state index in [1.165, 1.54) is 0 Å². The Labute approximate surface area is 147 Å².